The molecular weight excluding hydrogens is 1110 g/mol. The summed E-state index contributed by atoms with van der Waals surface area (Å²) >= 11 is 0. The van der Waals surface area contributed by atoms with Crippen molar-refractivity contribution in [3.05, 3.63) is 307 Å². The fraction of sp³-hybridized carbons (Fsp3) is 0.391. The van der Waals surface area contributed by atoms with Gasteiger partial charge in [0.25, 0.3) is 0 Å². The van der Waals surface area contributed by atoms with Crippen molar-refractivity contribution in [3.8, 4) is 11.1 Å². The summed E-state index contributed by atoms with van der Waals surface area (Å²) in [5.74, 6) is 0. The Morgan fingerprint density at radius 3 is 0.696 bits per heavy atom. The largest absolute Gasteiger partial charge is 0.0808 e. The molecule has 3 aliphatic rings. The van der Waals surface area contributed by atoms with Crippen LogP contribution < -0.4 is 0 Å². The van der Waals surface area contributed by atoms with Crippen LogP contribution in [0.4, 0.5) is 0 Å². The van der Waals surface area contributed by atoms with Gasteiger partial charge in [-0.3, -0.25) is 0 Å². The van der Waals surface area contributed by atoms with Crippen LogP contribution in [0, 0.1) is 6.92 Å². The lowest BCUT2D eigenvalue weighted by Crippen LogP contribution is -1.85. The molecule has 92 heavy (non-hydrogen) atoms. The van der Waals surface area contributed by atoms with E-state index in [4.69, 9.17) is 0 Å². The molecule has 0 N–H and O–H groups in total. The summed E-state index contributed by atoms with van der Waals surface area (Å²) in [6.07, 6.45) is 25.5. The molecule has 11 rings (SSSR count). The maximum atomic E-state index is 2.20. The molecule has 0 amide bonds. The van der Waals surface area contributed by atoms with E-state index < -0.39 is 0 Å². The summed E-state index contributed by atoms with van der Waals surface area (Å²) in [5.41, 5.74) is 9.45. The van der Waals surface area contributed by atoms with Crippen LogP contribution in [0.5, 0.6) is 0 Å². The molecular formula is C92H154. The van der Waals surface area contributed by atoms with Gasteiger partial charge in [0.15, 0.2) is 0 Å². The van der Waals surface area contributed by atoms with E-state index in [-0.39, 0.29) is 22.3 Å². The predicted molar refractivity (Wildman–Crippen MR) is 447 cm³/mol. The van der Waals surface area contributed by atoms with Crippen LogP contribution in [0.2, 0.25) is 0 Å². The van der Waals surface area contributed by atoms with E-state index >= 15 is 0 Å². The van der Waals surface area contributed by atoms with E-state index in [0.717, 1.165) is 25.7 Å². The molecule has 0 aromatic heterocycles. The van der Waals surface area contributed by atoms with Gasteiger partial charge in [-0.15, -0.1) is 0 Å². The molecule has 0 heteroatoms. The molecule has 0 spiro atoms. The lowest BCUT2D eigenvalue weighted by Gasteiger charge is -2.00. The van der Waals surface area contributed by atoms with Crippen molar-refractivity contribution < 1.29 is 0 Å². The summed E-state index contributed by atoms with van der Waals surface area (Å²) in [6, 6.07) is 77.3. The fourth-order valence-electron chi connectivity index (χ4n) is 6.34. The van der Waals surface area contributed by atoms with Gasteiger partial charge in [0.05, 0.1) is 0 Å². The van der Waals surface area contributed by atoms with Crippen molar-refractivity contribution in [3.63, 3.8) is 0 Å². The molecule has 0 atom stereocenters. The Bertz CT molecular complexity index is 2310. The first-order valence-corrected chi connectivity index (χ1v) is 35.3. The van der Waals surface area contributed by atoms with Gasteiger partial charge in [0.2, 0.25) is 0 Å². The van der Waals surface area contributed by atoms with Gasteiger partial charge in [0, 0.05) is 0 Å². The highest BCUT2D eigenvalue weighted by atomic mass is 14.1. The van der Waals surface area contributed by atoms with Crippen LogP contribution in [-0.2, 0) is 12.8 Å². The number of allylic oxidation sites excluding steroid dienone is 9. The van der Waals surface area contributed by atoms with Crippen LogP contribution in [0.1, 0.15) is 257 Å². The molecule has 0 fully saturated rings. The summed E-state index contributed by atoms with van der Waals surface area (Å²) in [7, 11) is 0. The number of aryl methyl sites for hydroxylation is 1. The second kappa shape index (κ2) is 115. The van der Waals surface area contributed by atoms with Gasteiger partial charge in [0.1, 0.15) is 0 Å². The fourth-order valence-corrected chi connectivity index (χ4v) is 6.34. The molecule has 0 saturated carbocycles. The van der Waals surface area contributed by atoms with Crippen LogP contribution >= 0.6 is 0 Å². The zero-order valence-electron chi connectivity index (χ0n) is 63.5. The first kappa shape index (κ1) is 115. The van der Waals surface area contributed by atoms with E-state index in [0.29, 0.717) is 0 Å². The number of hydrogen-bond donors (Lipinski definition) is 0. The predicted octanol–water partition coefficient (Wildman–Crippen LogP) is 33.0. The smallest absolute Gasteiger partial charge is 0.00258 e. The molecule has 8 aromatic rings. The number of fused-ring (bicyclic) bond motifs is 2. The second-order valence-electron chi connectivity index (χ2n) is 14.4. The quantitative estimate of drug-likeness (QED) is 0.165. The number of hydrogen-bond acceptors (Lipinski definition) is 0. The van der Waals surface area contributed by atoms with Crippen LogP contribution in [0.3, 0.4) is 0 Å². The molecule has 3 aliphatic carbocycles. The van der Waals surface area contributed by atoms with E-state index in [1.807, 2.05) is 224 Å². The van der Waals surface area contributed by atoms with E-state index in [2.05, 4.69) is 262 Å². The SMILES string of the molecule is C.C.C.C1=CCC=C1.C1=CCC=C1.C1=Cc2ccccc2C1.CC.CC.CC.CC.CC.CC.CC.CC.CC.CC.CC.CC.CC.CC.Cc1ccccc1.c1ccc(-c2ccccc2)cc1.c1ccc(Cc2ccccc2)cc1.c1ccc2ccccc2c1. The summed E-state index contributed by atoms with van der Waals surface area (Å²) in [4.78, 5) is 0. The molecule has 0 aliphatic heterocycles. The maximum Gasteiger partial charge on any atom is -0.00258 e. The lowest BCUT2D eigenvalue weighted by atomic mass is 10.1. The van der Waals surface area contributed by atoms with Gasteiger partial charge in [-0.25, -0.2) is 0 Å². The Balaban J connectivity index is -0.0000000680. The van der Waals surface area contributed by atoms with Gasteiger partial charge in [-0.05, 0) is 76.8 Å². The lowest BCUT2D eigenvalue weighted by molar-refractivity contribution is 1.19. The third-order valence-corrected chi connectivity index (χ3v) is 9.58. The van der Waals surface area contributed by atoms with Crippen molar-refractivity contribution in [1.29, 1.82) is 0 Å². The number of rotatable bonds is 3. The van der Waals surface area contributed by atoms with Crippen molar-refractivity contribution in [1.82, 2.24) is 0 Å². The Morgan fingerprint density at radius 1 is 0.239 bits per heavy atom. The summed E-state index contributed by atoms with van der Waals surface area (Å²) in [5, 5.41) is 2.62. The maximum absolute atomic E-state index is 2.20. The minimum atomic E-state index is 0. The zero-order valence-corrected chi connectivity index (χ0v) is 63.5. The van der Waals surface area contributed by atoms with Gasteiger partial charge in [-0.2, -0.15) is 0 Å². The average Bonchev–Trinajstić information content (AvgIpc) is 4.75. The van der Waals surface area contributed by atoms with Crippen LogP contribution in [-0.4, -0.2) is 0 Å². The number of benzene rings is 8. The first-order chi connectivity index (χ1) is 44.2. The minimum absolute atomic E-state index is 0. The minimum Gasteiger partial charge on any atom is -0.0808 e. The van der Waals surface area contributed by atoms with Gasteiger partial charge < -0.3 is 0 Å². The molecule has 522 valence electrons. The molecule has 0 saturated heterocycles. The zero-order chi connectivity index (χ0) is 70.3. The van der Waals surface area contributed by atoms with Gasteiger partial charge in [-0.1, -0.05) is 507 Å². The van der Waals surface area contributed by atoms with Crippen molar-refractivity contribution in [2.24, 2.45) is 0 Å². The normalized spacial score (nSPS) is 8.58. The van der Waals surface area contributed by atoms with Crippen molar-refractivity contribution >= 4 is 16.8 Å². The third-order valence-electron chi connectivity index (χ3n) is 9.58. The monoisotopic (exact) mass is 1260 g/mol. The Hall–Kier alpha value is -7.28. The first-order valence-electron chi connectivity index (χ1n) is 35.3. The molecule has 0 radical (unpaired) electrons. The van der Waals surface area contributed by atoms with E-state index in [1.54, 1.807) is 0 Å². The Morgan fingerprint density at radius 2 is 0.467 bits per heavy atom. The molecule has 0 bridgehead atoms. The molecule has 8 aromatic carbocycles. The van der Waals surface area contributed by atoms with E-state index in [9.17, 15) is 0 Å². The second-order valence-corrected chi connectivity index (χ2v) is 14.4. The standard InChI is InChI=1S/C13H12.C12H10.C10H8.C9H8.C7H8.2C5H6.14C2H6.3CH4/c1-3-7-12(8-4-1)11-13-9-5-2-6-10-13;1-3-7-11(8-4-1)12-9-5-2-6-10-12;1-2-6-10-8-4-3-7-9(10)5-1;1-2-5-9-7-3-6-8(9)4-1;1-7-5-3-2-4-6-7;2*1-2-4-5-3-1;14*1-2;;;/h1-10H,11H2;1-10H;1-8H;1-6H,7H2;2-6H,1H3;2*1-4H,5H2;14*1-2H3;3*1H4. The molecule has 0 unspecified atom stereocenters. The van der Waals surface area contributed by atoms with Crippen molar-refractivity contribution in [2.75, 3.05) is 0 Å². The Labute approximate surface area is 580 Å². The Kier molecular flexibility index (Phi) is 144. The highest BCUT2D eigenvalue weighted by Gasteiger charge is 2.00. The third kappa shape index (κ3) is 75.2. The summed E-state index contributed by atoms with van der Waals surface area (Å²) < 4.78 is 0. The van der Waals surface area contributed by atoms with Gasteiger partial charge >= 0.3 is 0 Å². The van der Waals surface area contributed by atoms with E-state index in [1.165, 1.54) is 49.7 Å². The van der Waals surface area contributed by atoms with Crippen LogP contribution in [0.25, 0.3) is 28.0 Å². The topological polar surface area (TPSA) is 0 Å². The van der Waals surface area contributed by atoms with Crippen molar-refractivity contribution in [2.45, 2.75) is 249 Å². The highest BCUT2D eigenvalue weighted by Crippen LogP contribution is 2.18. The highest BCUT2D eigenvalue weighted by molar-refractivity contribution is 5.82. The summed E-state index contributed by atoms with van der Waals surface area (Å²) in [6.45, 7) is 58.1. The average molecular weight is 1260 g/mol. The van der Waals surface area contributed by atoms with Crippen LogP contribution in [0.15, 0.2) is 279 Å². The molecule has 0 nitrogen and oxygen atoms in total. The molecule has 0 heterocycles.